The molecule has 2 N–H and O–H groups in total. The van der Waals surface area contributed by atoms with Gasteiger partial charge in [0.2, 0.25) is 11.1 Å². The molecule has 0 aliphatic heterocycles. The average Bonchev–Trinajstić information content (AvgIpc) is 3.33. The van der Waals surface area contributed by atoms with Crippen molar-refractivity contribution in [2.75, 3.05) is 18.1 Å². The number of hydrogen-bond donors (Lipinski definition) is 2. The van der Waals surface area contributed by atoms with E-state index in [2.05, 4.69) is 26.2 Å². The number of amides is 2. The topological polar surface area (TPSA) is 115 Å². The van der Waals surface area contributed by atoms with Crippen LogP contribution >= 0.6 is 11.8 Å². The average molecular weight is 372 g/mol. The molecule has 0 fully saturated rings. The maximum atomic E-state index is 12.1. The van der Waals surface area contributed by atoms with Crippen molar-refractivity contribution in [1.82, 2.24) is 25.5 Å². The van der Waals surface area contributed by atoms with Crippen LogP contribution in [0.3, 0.4) is 0 Å². The first kappa shape index (κ1) is 17.7. The summed E-state index contributed by atoms with van der Waals surface area (Å²) >= 11 is 1.42. The third kappa shape index (κ3) is 4.28. The molecular formula is C16H16N6O3S. The van der Waals surface area contributed by atoms with E-state index in [1.165, 1.54) is 18.0 Å². The predicted molar refractivity (Wildman–Crippen MR) is 95.2 cm³/mol. The van der Waals surface area contributed by atoms with Crippen molar-refractivity contribution >= 4 is 29.3 Å². The van der Waals surface area contributed by atoms with Gasteiger partial charge in [0.05, 0.1) is 12.0 Å². The Bertz CT molecular complexity index is 893. The second kappa shape index (κ2) is 8.30. The molecule has 26 heavy (non-hydrogen) atoms. The van der Waals surface area contributed by atoms with Crippen LogP contribution in [-0.2, 0) is 4.79 Å². The highest BCUT2D eigenvalue weighted by atomic mass is 32.2. The lowest BCUT2D eigenvalue weighted by Gasteiger charge is -2.08. The second-order valence-electron chi connectivity index (χ2n) is 5.16. The zero-order valence-corrected chi connectivity index (χ0v) is 14.7. The molecule has 0 bridgehead atoms. The number of rotatable bonds is 7. The van der Waals surface area contributed by atoms with E-state index < -0.39 is 0 Å². The van der Waals surface area contributed by atoms with Gasteiger partial charge in [-0.05, 0) is 47.0 Å². The van der Waals surface area contributed by atoms with Gasteiger partial charge in [-0.3, -0.25) is 9.59 Å². The minimum absolute atomic E-state index is 0.137. The number of nitrogens with one attached hydrogen (secondary N) is 2. The number of furan rings is 1. The summed E-state index contributed by atoms with van der Waals surface area (Å²) in [5.41, 5.74) is 1.36. The fourth-order valence-corrected chi connectivity index (χ4v) is 2.62. The van der Waals surface area contributed by atoms with E-state index in [4.69, 9.17) is 4.42 Å². The molecule has 0 spiro atoms. The Morgan fingerprint density at radius 2 is 2.15 bits per heavy atom. The predicted octanol–water partition coefficient (Wildman–Crippen LogP) is 1.74. The Morgan fingerprint density at radius 1 is 1.27 bits per heavy atom. The molecule has 2 amide bonds. The number of anilines is 1. The summed E-state index contributed by atoms with van der Waals surface area (Å²) < 4.78 is 6.57. The molecule has 134 valence electrons. The van der Waals surface area contributed by atoms with Crippen molar-refractivity contribution in [3.05, 3.63) is 48.4 Å². The van der Waals surface area contributed by atoms with Gasteiger partial charge in [-0.1, -0.05) is 17.8 Å². The Hall–Kier alpha value is -3.14. The molecule has 0 saturated heterocycles. The van der Waals surface area contributed by atoms with Crippen LogP contribution in [0.5, 0.6) is 0 Å². The lowest BCUT2D eigenvalue weighted by atomic mass is 10.2. The van der Waals surface area contributed by atoms with E-state index in [0.29, 0.717) is 10.8 Å². The molecule has 0 unspecified atom stereocenters. The summed E-state index contributed by atoms with van der Waals surface area (Å²) in [5, 5.41) is 17.5. The van der Waals surface area contributed by atoms with E-state index >= 15 is 0 Å². The molecule has 3 rings (SSSR count). The van der Waals surface area contributed by atoms with Gasteiger partial charge in [0.15, 0.2) is 5.76 Å². The van der Waals surface area contributed by atoms with E-state index in [1.54, 1.807) is 35.0 Å². The summed E-state index contributed by atoms with van der Waals surface area (Å²) in [5.74, 6) is -0.360. The molecule has 0 saturated carbocycles. The number of benzene rings is 1. The van der Waals surface area contributed by atoms with Gasteiger partial charge in [0.1, 0.15) is 0 Å². The number of tetrazole rings is 1. The van der Waals surface area contributed by atoms with Crippen LogP contribution in [0.4, 0.5) is 5.69 Å². The number of thioether (sulfide) groups is 1. The van der Waals surface area contributed by atoms with Gasteiger partial charge < -0.3 is 15.1 Å². The maximum Gasteiger partial charge on any atom is 0.286 e. The number of carbonyl (C=O) groups excluding carboxylic acids is 2. The lowest BCUT2D eigenvalue weighted by molar-refractivity contribution is -0.116. The molecule has 2 aromatic heterocycles. The fourth-order valence-electron chi connectivity index (χ4n) is 2.19. The van der Waals surface area contributed by atoms with E-state index in [9.17, 15) is 9.59 Å². The molecule has 10 heteroatoms. The third-order valence-corrected chi connectivity index (χ3v) is 4.00. The molecule has 2 heterocycles. The van der Waals surface area contributed by atoms with Gasteiger partial charge in [-0.25, -0.2) is 0 Å². The summed E-state index contributed by atoms with van der Waals surface area (Å²) in [6.07, 6.45) is 3.43. The summed E-state index contributed by atoms with van der Waals surface area (Å²) in [7, 11) is 0. The van der Waals surface area contributed by atoms with Crippen LogP contribution in [0.2, 0.25) is 0 Å². The molecular weight excluding hydrogens is 356 g/mol. The highest BCUT2D eigenvalue weighted by molar-refractivity contribution is 7.98. The van der Waals surface area contributed by atoms with Gasteiger partial charge in [0.25, 0.3) is 5.91 Å². The normalized spacial score (nSPS) is 10.5. The molecule has 0 aliphatic rings. The fraction of sp³-hybridized carbons (Fsp3) is 0.188. The number of carbonyl (C=O) groups is 2. The van der Waals surface area contributed by atoms with Gasteiger partial charge in [-0.2, -0.15) is 4.68 Å². The largest absolute Gasteiger partial charge is 0.459 e. The Balaban J connectivity index is 1.54. The lowest BCUT2D eigenvalue weighted by Crippen LogP contribution is -2.27. The van der Waals surface area contributed by atoms with Crippen LogP contribution in [0.1, 0.15) is 17.0 Å². The highest BCUT2D eigenvalue weighted by Gasteiger charge is 2.10. The first-order valence-electron chi connectivity index (χ1n) is 7.72. The van der Waals surface area contributed by atoms with Crippen molar-refractivity contribution in [3.8, 4) is 5.69 Å². The second-order valence-corrected chi connectivity index (χ2v) is 5.93. The SMILES string of the molecule is CSc1nnnn1-c1cccc(NC(=O)CCNC(=O)c2ccco2)c1. The zero-order chi connectivity index (χ0) is 18.4. The number of aromatic nitrogens is 4. The molecule has 0 aliphatic carbocycles. The van der Waals surface area contributed by atoms with Crippen LogP contribution in [0.25, 0.3) is 5.69 Å². The summed E-state index contributed by atoms with van der Waals surface area (Å²) in [6.45, 7) is 0.203. The first-order valence-corrected chi connectivity index (χ1v) is 8.94. The van der Waals surface area contributed by atoms with Crippen LogP contribution in [0, 0.1) is 0 Å². The quantitative estimate of drug-likeness (QED) is 0.607. The smallest absolute Gasteiger partial charge is 0.286 e. The molecule has 1 aromatic carbocycles. The molecule has 0 atom stereocenters. The summed E-state index contributed by atoms with van der Waals surface area (Å²) in [4.78, 5) is 23.8. The monoisotopic (exact) mass is 372 g/mol. The first-order chi connectivity index (χ1) is 12.7. The van der Waals surface area contributed by atoms with Crippen molar-refractivity contribution in [2.45, 2.75) is 11.6 Å². The molecule has 0 radical (unpaired) electrons. The van der Waals surface area contributed by atoms with Gasteiger partial charge in [-0.15, -0.1) is 5.10 Å². The Kier molecular flexibility index (Phi) is 5.64. The van der Waals surface area contributed by atoms with Crippen molar-refractivity contribution in [1.29, 1.82) is 0 Å². The maximum absolute atomic E-state index is 12.1. The van der Waals surface area contributed by atoms with Crippen molar-refractivity contribution in [2.24, 2.45) is 0 Å². The van der Waals surface area contributed by atoms with E-state index in [-0.39, 0.29) is 30.5 Å². The highest BCUT2D eigenvalue weighted by Crippen LogP contribution is 2.18. The van der Waals surface area contributed by atoms with Crippen LogP contribution in [0.15, 0.2) is 52.2 Å². The van der Waals surface area contributed by atoms with Crippen LogP contribution in [-0.4, -0.2) is 44.8 Å². The third-order valence-electron chi connectivity index (χ3n) is 3.38. The van der Waals surface area contributed by atoms with Crippen molar-refractivity contribution < 1.29 is 14.0 Å². The van der Waals surface area contributed by atoms with E-state index in [1.807, 2.05) is 12.3 Å². The van der Waals surface area contributed by atoms with Gasteiger partial charge >= 0.3 is 0 Å². The van der Waals surface area contributed by atoms with Gasteiger partial charge in [0, 0.05) is 18.7 Å². The minimum Gasteiger partial charge on any atom is -0.459 e. The number of hydrogen-bond acceptors (Lipinski definition) is 7. The van der Waals surface area contributed by atoms with E-state index in [0.717, 1.165) is 5.69 Å². The zero-order valence-electron chi connectivity index (χ0n) is 13.9. The van der Waals surface area contributed by atoms with Crippen LogP contribution < -0.4 is 10.6 Å². The van der Waals surface area contributed by atoms with Crippen molar-refractivity contribution in [3.63, 3.8) is 0 Å². The Morgan fingerprint density at radius 3 is 2.92 bits per heavy atom. The minimum atomic E-state index is -0.354. The molecule has 3 aromatic rings. The standard InChI is InChI=1S/C16H16N6O3S/c1-26-16-19-20-21-22(16)12-5-2-4-11(10-12)18-14(23)7-8-17-15(24)13-6-3-9-25-13/h2-6,9-10H,7-8H2,1H3,(H,17,24)(H,18,23). The summed E-state index contributed by atoms with van der Waals surface area (Å²) in [6, 6.07) is 10.4. The Labute approximate surface area is 153 Å². The molecule has 9 nitrogen and oxygen atoms in total. The number of nitrogens with zero attached hydrogens (tertiary/aromatic N) is 4.